The van der Waals surface area contributed by atoms with Crippen molar-refractivity contribution in [2.75, 3.05) is 43.6 Å². The number of hydrogen-bond acceptors (Lipinski definition) is 6. The summed E-state index contributed by atoms with van der Waals surface area (Å²) in [6.07, 6.45) is 3.07. The summed E-state index contributed by atoms with van der Waals surface area (Å²) in [4.78, 5) is 4.44. The maximum absolute atomic E-state index is 12.4. The Morgan fingerprint density at radius 3 is 2.17 bits per heavy atom. The Kier molecular flexibility index (Phi) is 6.57. The van der Waals surface area contributed by atoms with Gasteiger partial charge in [0.2, 0.25) is 0 Å². The summed E-state index contributed by atoms with van der Waals surface area (Å²) in [5, 5.41) is 0.710. The maximum atomic E-state index is 12.4. The van der Waals surface area contributed by atoms with Crippen LogP contribution in [0.2, 0.25) is 5.02 Å². The zero-order chi connectivity index (χ0) is 21.2. The Balaban J connectivity index is 1.81. The van der Waals surface area contributed by atoms with Crippen molar-refractivity contribution in [1.29, 1.82) is 0 Å². The van der Waals surface area contributed by atoms with E-state index in [0.29, 0.717) is 23.8 Å². The van der Waals surface area contributed by atoms with E-state index in [2.05, 4.69) is 4.90 Å². The van der Waals surface area contributed by atoms with E-state index < -0.39 is 19.7 Å². The number of halogens is 1. The Hall–Kier alpha value is -1.61. The molecule has 2 aromatic carbocycles. The molecule has 0 bridgehead atoms. The van der Waals surface area contributed by atoms with Gasteiger partial charge in [0, 0.05) is 50.3 Å². The second kappa shape index (κ2) is 8.63. The molecule has 0 radical (unpaired) electrons. The average Bonchev–Trinajstić information content (AvgIpc) is 2.87. The molecule has 0 spiro atoms. The molecule has 9 heteroatoms. The fraction of sp³-hybridized carbons (Fsp3) is 0.400. The van der Waals surface area contributed by atoms with Gasteiger partial charge in [0.05, 0.1) is 15.5 Å². The van der Waals surface area contributed by atoms with Gasteiger partial charge in [-0.15, -0.1) is 0 Å². The van der Waals surface area contributed by atoms with Crippen LogP contribution in [0, 0.1) is 0 Å². The van der Waals surface area contributed by atoms with Gasteiger partial charge in [-0.1, -0.05) is 23.7 Å². The van der Waals surface area contributed by atoms with Gasteiger partial charge in [0.25, 0.3) is 0 Å². The molecule has 0 unspecified atom stereocenters. The predicted octanol–water partition coefficient (Wildman–Crippen LogP) is 2.86. The SMILES string of the molecule is CS(=O)(=O)c1ccc(N2CCCN(Cc3ccc(Cl)cc3)CC2)c(S(C)(=O)=O)c1. The van der Waals surface area contributed by atoms with Gasteiger partial charge in [-0.3, -0.25) is 4.90 Å². The minimum absolute atomic E-state index is 0.0147. The van der Waals surface area contributed by atoms with Crippen molar-refractivity contribution in [2.45, 2.75) is 22.8 Å². The zero-order valence-electron chi connectivity index (χ0n) is 16.5. The summed E-state index contributed by atoms with van der Waals surface area (Å²) in [6, 6.07) is 12.1. The Morgan fingerprint density at radius 1 is 0.862 bits per heavy atom. The van der Waals surface area contributed by atoms with Crippen molar-refractivity contribution in [1.82, 2.24) is 4.90 Å². The van der Waals surface area contributed by atoms with Crippen LogP contribution in [0.25, 0.3) is 0 Å². The lowest BCUT2D eigenvalue weighted by molar-refractivity contribution is 0.285. The number of rotatable bonds is 5. The summed E-state index contributed by atoms with van der Waals surface area (Å²) < 4.78 is 48.4. The summed E-state index contributed by atoms with van der Waals surface area (Å²) in [5.41, 5.74) is 1.74. The monoisotopic (exact) mass is 456 g/mol. The normalized spacial score (nSPS) is 16.6. The van der Waals surface area contributed by atoms with Crippen molar-refractivity contribution in [3.8, 4) is 0 Å². The second-order valence-corrected chi connectivity index (χ2v) is 11.9. The maximum Gasteiger partial charge on any atom is 0.177 e. The molecule has 0 saturated carbocycles. The number of anilines is 1. The number of sulfone groups is 2. The van der Waals surface area contributed by atoms with Gasteiger partial charge < -0.3 is 4.90 Å². The molecule has 1 fully saturated rings. The number of benzene rings is 2. The molecular formula is C20H25ClN2O4S2. The van der Waals surface area contributed by atoms with Gasteiger partial charge in [0.1, 0.15) is 0 Å². The molecule has 3 rings (SSSR count). The first-order chi connectivity index (χ1) is 13.5. The van der Waals surface area contributed by atoms with Crippen LogP contribution >= 0.6 is 11.6 Å². The topological polar surface area (TPSA) is 74.8 Å². The van der Waals surface area contributed by atoms with E-state index in [0.717, 1.165) is 38.6 Å². The largest absolute Gasteiger partial charge is 0.369 e. The highest BCUT2D eigenvalue weighted by atomic mass is 35.5. The van der Waals surface area contributed by atoms with E-state index in [1.165, 1.54) is 17.7 Å². The first-order valence-electron chi connectivity index (χ1n) is 9.30. The number of hydrogen-bond donors (Lipinski definition) is 0. The van der Waals surface area contributed by atoms with Crippen molar-refractivity contribution in [2.24, 2.45) is 0 Å². The van der Waals surface area contributed by atoms with Crippen LogP contribution in [0.3, 0.4) is 0 Å². The average molecular weight is 457 g/mol. The smallest absolute Gasteiger partial charge is 0.177 e. The third kappa shape index (κ3) is 5.72. The van der Waals surface area contributed by atoms with E-state index in [1.54, 1.807) is 6.07 Å². The molecule has 0 aliphatic carbocycles. The summed E-state index contributed by atoms with van der Waals surface area (Å²) >= 11 is 5.95. The third-order valence-electron chi connectivity index (χ3n) is 5.01. The lowest BCUT2D eigenvalue weighted by atomic mass is 10.2. The highest BCUT2D eigenvalue weighted by Crippen LogP contribution is 2.29. The van der Waals surface area contributed by atoms with Crippen LogP contribution < -0.4 is 4.90 Å². The molecule has 2 aromatic rings. The minimum atomic E-state index is -3.58. The quantitative estimate of drug-likeness (QED) is 0.688. The minimum Gasteiger partial charge on any atom is -0.369 e. The Morgan fingerprint density at radius 2 is 1.55 bits per heavy atom. The van der Waals surface area contributed by atoms with Gasteiger partial charge in [0.15, 0.2) is 19.7 Å². The van der Waals surface area contributed by atoms with Gasteiger partial charge in [-0.25, -0.2) is 16.8 Å². The fourth-order valence-corrected chi connectivity index (χ4v) is 5.27. The number of nitrogens with zero attached hydrogens (tertiary/aromatic N) is 2. The zero-order valence-corrected chi connectivity index (χ0v) is 18.9. The highest BCUT2D eigenvalue weighted by molar-refractivity contribution is 7.91. The van der Waals surface area contributed by atoms with Crippen molar-refractivity contribution < 1.29 is 16.8 Å². The molecule has 6 nitrogen and oxygen atoms in total. The second-order valence-electron chi connectivity index (χ2n) is 7.42. The third-order valence-corrected chi connectivity index (χ3v) is 7.50. The molecule has 1 aliphatic rings. The van der Waals surface area contributed by atoms with E-state index in [1.807, 2.05) is 29.2 Å². The first-order valence-corrected chi connectivity index (χ1v) is 13.5. The van der Waals surface area contributed by atoms with Crippen molar-refractivity contribution in [3.05, 3.63) is 53.1 Å². The van der Waals surface area contributed by atoms with Crippen LogP contribution in [0.5, 0.6) is 0 Å². The lowest BCUT2D eigenvalue weighted by Gasteiger charge is -2.26. The molecule has 0 amide bonds. The van der Waals surface area contributed by atoms with Gasteiger partial charge >= 0.3 is 0 Å². The van der Waals surface area contributed by atoms with Crippen LogP contribution in [0.15, 0.2) is 52.3 Å². The standard InChI is InChI=1S/C20H25ClN2O4S2/c1-28(24,25)18-8-9-19(20(14-18)29(2,26)27)23-11-3-10-22(12-13-23)15-16-4-6-17(21)7-5-16/h4-9,14H,3,10-13,15H2,1-2H3. The van der Waals surface area contributed by atoms with Crippen LogP contribution in [-0.4, -0.2) is 60.4 Å². The predicted molar refractivity (Wildman–Crippen MR) is 116 cm³/mol. The fourth-order valence-electron chi connectivity index (χ4n) is 3.50. The first kappa shape index (κ1) is 22.1. The molecule has 0 N–H and O–H groups in total. The molecule has 29 heavy (non-hydrogen) atoms. The summed E-state index contributed by atoms with van der Waals surface area (Å²) in [7, 11) is -7.06. The Labute approximate surface area is 177 Å². The van der Waals surface area contributed by atoms with Gasteiger partial charge in [-0.05, 0) is 42.3 Å². The highest BCUT2D eigenvalue weighted by Gasteiger charge is 2.23. The molecule has 0 aromatic heterocycles. The van der Waals surface area contributed by atoms with Crippen molar-refractivity contribution >= 4 is 37.0 Å². The van der Waals surface area contributed by atoms with Gasteiger partial charge in [-0.2, -0.15) is 0 Å². The molecule has 1 aliphatic heterocycles. The van der Waals surface area contributed by atoms with E-state index in [9.17, 15) is 16.8 Å². The molecule has 158 valence electrons. The molecule has 1 saturated heterocycles. The van der Waals surface area contributed by atoms with Crippen LogP contribution in [0.1, 0.15) is 12.0 Å². The van der Waals surface area contributed by atoms with Crippen LogP contribution in [-0.2, 0) is 26.2 Å². The lowest BCUT2D eigenvalue weighted by Crippen LogP contribution is -2.31. The van der Waals surface area contributed by atoms with E-state index >= 15 is 0 Å². The molecule has 0 atom stereocenters. The van der Waals surface area contributed by atoms with E-state index in [-0.39, 0.29) is 9.79 Å². The molecular weight excluding hydrogens is 432 g/mol. The summed E-state index contributed by atoms with van der Waals surface area (Å²) in [5.74, 6) is 0. The van der Waals surface area contributed by atoms with Crippen LogP contribution in [0.4, 0.5) is 5.69 Å². The van der Waals surface area contributed by atoms with E-state index in [4.69, 9.17) is 11.6 Å². The Bertz CT molecular complexity index is 1080. The van der Waals surface area contributed by atoms with Crippen molar-refractivity contribution in [3.63, 3.8) is 0 Å². The molecule has 1 heterocycles. The summed E-state index contributed by atoms with van der Waals surface area (Å²) in [6.45, 7) is 3.84.